The number of hydrogen-bond acceptors (Lipinski definition) is 5. The molecule has 4 rings (SSSR count). The Morgan fingerprint density at radius 1 is 1.17 bits per heavy atom. The Bertz CT molecular complexity index is 770. The second kappa shape index (κ2) is 11.2. The van der Waals surface area contributed by atoms with Crippen molar-refractivity contribution in [3.05, 3.63) is 35.3 Å². The summed E-state index contributed by atoms with van der Waals surface area (Å²) >= 11 is 1.60. The number of thiazole rings is 1. The molecule has 2 atom stereocenters. The lowest BCUT2D eigenvalue weighted by Gasteiger charge is -2.20. The van der Waals surface area contributed by atoms with Crippen molar-refractivity contribution in [1.82, 2.24) is 15.2 Å². The molecule has 29 heavy (non-hydrogen) atoms. The zero-order valence-corrected chi connectivity index (χ0v) is 19.1. The minimum absolute atomic E-state index is 0. The minimum Gasteiger partial charge on any atom is -0.494 e. The Labute approximate surface area is 189 Å². The Balaban J connectivity index is 0.00000150. The van der Waals surface area contributed by atoms with E-state index in [0.717, 1.165) is 72.9 Å². The fourth-order valence-corrected chi connectivity index (χ4v) is 4.94. The molecule has 2 aliphatic rings. The molecule has 2 aliphatic heterocycles. The number of nitrogens with zero attached hydrogens (tertiary/aromatic N) is 2. The maximum Gasteiger partial charge on any atom is 0.228 e. The third-order valence-electron chi connectivity index (χ3n) is 5.67. The van der Waals surface area contributed by atoms with Gasteiger partial charge >= 0.3 is 0 Å². The van der Waals surface area contributed by atoms with Crippen LogP contribution in [0.4, 0.5) is 0 Å². The highest BCUT2D eigenvalue weighted by atomic mass is 35.5. The summed E-state index contributed by atoms with van der Waals surface area (Å²) < 4.78 is 5.49. The van der Waals surface area contributed by atoms with Crippen LogP contribution in [0.15, 0.2) is 29.6 Å². The predicted octanol–water partition coefficient (Wildman–Crippen LogP) is 4.05. The van der Waals surface area contributed by atoms with Gasteiger partial charge in [0.25, 0.3) is 0 Å². The van der Waals surface area contributed by atoms with Gasteiger partial charge in [0.2, 0.25) is 5.91 Å². The highest BCUT2D eigenvalue weighted by Crippen LogP contribution is 2.28. The van der Waals surface area contributed by atoms with Crippen LogP contribution < -0.4 is 10.1 Å². The van der Waals surface area contributed by atoms with Crippen LogP contribution in [0.5, 0.6) is 5.75 Å². The lowest BCUT2D eigenvalue weighted by atomic mass is 9.92. The number of hydrogen-bond donors (Lipinski definition) is 1. The Kier molecular flexibility index (Phi) is 9.21. The number of amides is 1. The van der Waals surface area contributed by atoms with Gasteiger partial charge in [-0.2, -0.15) is 0 Å². The second-order valence-corrected chi connectivity index (χ2v) is 8.27. The van der Waals surface area contributed by atoms with E-state index in [1.165, 1.54) is 0 Å². The lowest BCUT2D eigenvalue weighted by molar-refractivity contribution is -0.130. The molecular weight excluding hydrogens is 429 g/mol. The molecule has 2 aromatic rings. The molecule has 0 aliphatic carbocycles. The lowest BCUT2D eigenvalue weighted by Crippen LogP contribution is -2.34. The van der Waals surface area contributed by atoms with Crippen LogP contribution in [0, 0.1) is 11.8 Å². The maximum absolute atomic E-state index is 12.8. The van der Waals surface area contributed by atoms with E-state index in [9.17, 15) is 4.79 Å². The van der Waals surface area contributed by atoms with Crippen molar-refractivity contribution in [2.45, 2.75) is 26.2 Å². The van der Waals surface area contributed by atoms with Gasteiger partial charge in [-0.25, -0.2) is 4.98 Å². The average Bonchev–Trinajstić information content (AvgIpc) is 3.28. The van der Waals surface area contributed by atoms with Crippen molar-refractivity contribution in [3.63, 3.8) is 0 Å². The molecule has 1 amide bonds. The standard InChI is InChI=1S/C21H27N3O2S.2ClH/c1-2-26-19-5-3-15(4-6-19)21-23-18(14-27-21)11-20(25)24-9-7-16-12-22-13-17(16)8-10-24;;/h3-6,14,16-17,22H,2,7-13H2,1H3;2*1H/t16-,17+;;. The minimum atomic E-state index is 0. The first-order chi connectivity index (χ1) is 13.2. The van der Waals surface area contributed by atoms with Crippen molar-refractivity contribution < 1.29 is 9.53 Å². The van der Waals surface area contributed by atoms with Gasteiger partial charge in [0.1, 0.15) is 10.8 Å². The average molecular weight is 458 g/mol. The number of benzene rings is 1. The van der Waals surface area contributed by atoms with Gasteiger partial charge in [0, 0.05) is 24.0 Å². The molecule has 0 spiro atoms. The van der Waals surface area contributed by atoms with Gasteiger partial charge in [-0.15, -0.1) is 36.2 Å². The van der Waals surface area contributed by atoms with Gasteiger partial charge in [0.15, 0.2) is 0 Å². The highest BCUT2D eigenvalue weighted by molar-refractivity contribution is 7.13. The van der Waals surface area contributed by atoms with E-state index in [2.05, 4.69) is 5.32 Å². The van der Waals surface area contributed by atoms with Crippen LogP contribution >= 0.6 is 36.2 Å². The molecule has 5 nitrogen and oxygen atoms in total. The number of halogens is 2. The zero-order chi connectivity index (χ0) is 18.6. The first-order valence-corrected chi connectivity index (χ1v) is 10.8. The molecule has 0 unspecified atom stereocenters. The number of aromatic nitrogens is 1. The molecule has 2 saturated heterocycles. The van der Waals surface area contributed by atoms with Gasteiger partial charge < -0.3 is 15.0 Å². The van der Waals surface area contributed by atoms with E-state index in [0.29, 0.717) is 13.0 Å². The Morgan fingerprint density at radius 3 is 2.45 bits per heavy atom. The quantitative estimate of drug-likeness (QED) is 0.735. The summed E-state index contributed by atoms with van der Waals surface area (Å²) in [6.07, 6.45) is 2.65. The number of nitrogens with one attached hydrogen (secondary N) is 1. The van der Waals surface area contributed by atoms with Crippen molar-refractivity contribution in [2.75, 3.05) is 32.8 Å². The summed E-state index contributed by atoms with van der Waals surface area (Å²) in [7, 11) is 0. The topological polar surface area (TPSA) is 54.5 Å². The van der Waals surface area contributed by atoms with E-state index in [4.69, 9.17) is 9.72 Å². The molecule has 8 heteroatoms. The molecular formula is C21H29Cl2N3O2S. The number of likely N-dealkylation sites (tertiary alicyclic amines) is 1. The molecule has 160 valence electrons. The van der Waals surface area contributed by atoms with Crippen molar-refractivity contribution >= 4 is 42.1 Å². The van der Waals surface area contributed by atoms with Crippen molar-refractivity contribution in [1.29, 1.82) is 0 Å². The van der Waals surface area contributed by atoms with Crippen LogP contribution in [0.2, 0.25) is 0 Å². The van der Waals surface area contributed by atoms with Crippen molar-refractivity contribution in [2.24, 2.45) is 11.8 Å². The molecule has 1 N–H and O–H groups in total. The van der Waals surface area contributed by atoms with Gasteiger partial charge in [-0.3, -0.25) is 4.79 Å². The SMILES string of the molecule is CCOc1ccc(-c2nc(CC(=O)N3CC[C@@H]4CNC[C@@H]4CC3)cs2)cc1.Cl.Cl. The zero-order valence-electron chi connectivity index (χ0n) is 16.6. The Hall–Kier alpha value is -1.34. The van der Waals surface area contributed by atoms with E-state index in [1.807, 2.05) is 41.5 Å². The van der Waals surface area contributed by atoms with Crippen LogP contribution in [0.3, 0.4) is 0 Å². The first-order valence-electron chi connectivity index (χ1n) is 9.89. The normalized spacial score (nSPS) is 20.8. The molecule has 0 bridgehead atoms. The van der Waals surface area contributed by atoms with Gasteiger partial charge in [-0.1, -0.05) is 0 Å². The fraction of sp³-hybridized carbons (Fsp3) is 0.524. The molecule has 0 radical (unpaired) electrons. The summed E-state index contributed by atoms with van der Waals surface area (Å²) in [5.74, 6) is 2.57. The van der Waals surface area contributed by atoms with Crippen LogP contribution in [0.25, 0.3) is 10.6 Å². The molecule has 3 heterocycles. The van der Waals surface area contributed by atoms with Crippen LogP contribution in [0.1, 0.15) is 25.5 Å². The summed E-state index contributed by atoms with van der Waals surface area (Å²) in [5.41, 5.74) is 1.94. The second-order valence-electron chi connectivity index (χ2n) is 7.41. The summed E-state index contributed by atoms with van der Waals surface area (Å²) in [6, 6.07) is 7.98. The summed E-state index contributed by atoms with van der Waals surface area (Å²) in [6.45, 7) is 6.65. The number of carbonyl (C=O) groups excluding carboxylic acids is 1. The number of fused-ring (bicyclic) bond motifs is 1. The van der Waals surface area contributed by atoms with E-state index in [-0.39, 0.29) is 30.7 Å². The van der Waals surface area contributed by atoms with Gasteiger partial charge in [-0.05, 0) is 69.0 Å². The summed E-state index contributed by atoms with van der Waals surface area (Å²) in [4.78, 5) is 19.5. The Morgan fingerprint density at radius 2 is 1.83 bits per heavy atom. The van der Waals surface area contributed by atoms with Crippen LogP contribution in [-0.2, 0) is 11.2 Å². The molecule has 1 aromatic heterocycles. The number of carbonyl (C=O) groups is 1. The first kappa shape index (κ1) is 23.9. The monoisotopic (exact) mass is 457 g/mol. The highest BCUT2D eigenvalue weighted by Gasteiger charge is 2.31. The fourth-order valence-electron chi connectivity index (χ4n) is 4.12. The molecule has 1 aromatic carbocycles. The van der Waals surface area contributed by atoms with E-state index < -0.39 is 0 Å². The number of ether oxygens (including phenoxy) is 1. The largest absolute Gasteiger partial charge is 0.494 e. The van der Waals surface area contributed by atoms with Crippen LogP contribution in [-0.4, -0.2) is 48.6 Å². The number of rotatable bonds is 5. The van der Waals surface area contributed by atoms with Gasteiger partial charge in [0.05, 0.1) is 18.7 Å². The predicted molar refractivity (Wildman–Crippen MR) is 123 cm³/mol. The summed E-state index contributed by atoms with van der Waals surface area (Å²) in [5, 5.41) is 6.45. The smallest absolute Gasteiger partial charge is 0.228 e. The van der Waals surface area contributed by atoms with E-state index in [1.54, 1.807) is 11.3 Å². The third kappa shape index (κ3) is 5.85. The molecule has 0 saturated carbocycles. The van der Waals surface area contributed by atoms with Crippen molar-refractivity contribution in [3.8, 4) is 16.3 Å². The maximum atomic E-state index is 12.8. The third-order valence-corrected chi connectivity index (χ3v) is 6.61. The molecule has 2 fully saturated rings. The van der Waals surface area contributed by atoms with E-state index >= 15 is 0 Å².